The van der Waals surface area contributed by atoms with E-state index in [4.69, 9.17) is 17.0 Å². The average molecular weight is 352 g/mol. The van der Waals surface area contributed by atoms with Crippen LogP contribution in [0.4, 0.5) is 0 Å². The third kappa shape index (κ3) is 4.34. The number of rotatable bonds is 6. The Hall–Kier alpha value is -0.910. The molecule has 1 fully saturated rings. The van der Waals surface area contributed by atoms with Gasteiger partial charge in [-0.1, -0.05) is 75.1 Å². The highest BCUT2D eigenvalue weighted by Crippen LogP contribution is 2.33. The summed E-state index contributed by atoms with van der Waals surface area (Å²) in [5.41, 5.74) is 1.02. The van der Waals surface area contributed by atoms with E-state index in [1.54, 1.807) is 18.9 Å². The lowest BCUT2D eigenvalue weighted by Crippen LogP contribution is -2.43. The maximum absolute atomic E-state index is 13.1. The molecule has 1 aliphatic heterocycles. The first kappa shape index (κ1) is 18.4. The molecular weight excluding hydrogens is 326 g/mol. The summed E-state index contributed by atoms with van der Waals surface area (Å²) in [5, 5.41) is 0. The van der Waals surface area contributed by atoms with Gasteiger partial charge in [0.05, 0.1) is 12.0 Å². The maximum Gasteiger partial charge on any atom is 0.234 e. The number of hydrogen-bond donors (Lipinski definition) is 0. The summed E-state index contributed by atoms with van der Waals surface area (Å²) >= 11 is 7.04. The third-order valence-electron chi connectivity index (χ3n) is 4.17. The summed E-state index contributed by atoms with van der Waals surface area (Å²) in [6, 6.07) is 10.1. The van der Waals surface area contributed by atoms with Gasteiger partial charge in [-0.3, -0.25) is 9.69 Å². The molecule has 0 aromatic heterocycles. The summed E-state index contributed by atoms with van der Waals surface area (Å²) in [5.74, 6) is 1.24. The van der Waals surface area contributed by atoms with Crippen LogP contribution in [0.1, 0.15) is 38.9 Å². The quantitative estimate of drug-likeness (QED) is 0.715. The number of carbonyl (C=O) groups is 1. The molecule has 126 valence electrons. The molecule has 0 N–H and O–H groups in total. The number of thioether (sulfide) groups is 1. The lowest BCUT2D eigenvalue weighted by molar-refractivity contribution is -0.136. The molecule has 0 radical (unpaired) electrons. The number of carbonyl (C=O) groups excluding carboxylic acids is 1. The van der Waals surface area contributed by atoms with E-state index in [2.05, 4.69) is 13.8 Å². The Labute approximate surface area is 148 Å². The lowest BCUT2D eigenvalue weighted by Gasteiger charge is -2.30. The molecule has 0 unspecified atom stereocenters. The normalized spacial score (nSPS) is 20.8. The Bertz CT molecular complexity index is 547. The molecular formula is C18H25NO2S2. The molecule has 2 rings (SSSR count). The Morgan fingerprint density at radius 3 is 2.57 bits per heavy atom. The first-order valence-electron chi connectivity index (χ1n) is 8.03. The second-order valence-electron chi connectivity index (χ2n) is 6.42. The van der Waals surface area contributed by atoms with Crippen LogP contribution in [0.2, 0.25) is 0 Å². The van der Waals surface area contributed by atoms with Crippen molar-refractivity contribution in [1.29, 1.82) is 0 Å². The van der Waals surface area contributed by atoms with Crippen molar-refractivity contribution in [2.45, 2.75) is 39.3 Å². The van der Waals surface area contributed by atoms with E-state index < -0.39 is 0 Å². The fraction of sp³-hybridized carbons (Fsp3) is 0.556. The lowest BCUT2D eigenvalue weighted by atomic mass is 9.94. The van der Waals surface area contributed by atoms with Gasteiger partial charge >= 0.3 is 0 Å². The van der Waals surface area contributed by atoms with Crippen LogP contribution in [0.25, 0.3) is 0 Å². The van der Waals surface area contributed by atoms with E-state index in [0.717, 1.165) is 17.7 Å². The number of thiocarbonyl (C=S) groups is 1. The van der Waals surface area contributed by atoms with E-state index in [0.29, 0.717) is 10.2 Å². The molecule has 1 aliphatic rings. The molecule has 1 aromatic carbocycles. The Morgan fingerprint density at radius 2 is 2.00 bits per heavy atom. The smallest absolute Gasteiger partial charge is 0.234 e. The van der Waals surface area contributed by atoms with E-state index in [1.165, 1.54) is 0 Å². The molecule has 1 amide bonds. The van der Waals surface area contributed by atoms with E-state index in [-0.39, 0.29) is 24.0 Å². The van der Waals surface area contributed by atoms with Crippen LogP contribution in [-0.2, 0) is 9.53 Å². The minimum atomic E-state index is -0.270. The van der Waals surface area contributed by atoms with Crippen LogP contribution < -0.4 is 0 Å². The fourth-order valence-corrected chi connectivity index (χ4v) is 4.51. The molecule has 23 heavy (non-hydrogen) atoms. The average Bonchev–Trinajstić information content (AvgIpc) is 2.88. The van der Waals surface area contributed by atoms with Gasteiger partial charge in [-0.05, 0) is 17.9 Å². The molecule has 1 saturated heterocycles. The number of benzene rings is 1. The molecule has 0 bridgehead atoms. The van der Waals surface area contributed by atoms with Gasteiger partial charge in [-0.15, -0.1) is 0 Å². The molecule has 0 aliphatic carbocycles. The van der Waals surface area contributed by atoms with Crippen LogP contribution >= 0.6 is 24.0 Å². The Morgan fingerprint density at radius 1 is 1.35 bits per heavy atom. The standard InChI is InChI=1S/C18H25NO2S2/c1-12(2)10-15-11-23-18(22)19(15)17(20)13(3)16(21-4)14-8-6-5-7-9-14/h5-9,12-13,15-16H,10-11H2,1-4H3/t13-,15+,16+/m1/s1. The van der Waals surface area contributed by atoms with Crippen molar-refractivity contribution in [3.8, 4) is 0 Å². The van der Waals surface area contributed by atoms with Gasteiger partial charge in [-0.2, -0.15) is 0 Å². The van der Waals surface area contributed by atoms with Gasteiger partial charge in [0.2, 0.25) is 5.91 Å². The van der Waals surface area contributed by atoms with Gasteiger partial charge in [0.1, 0.15) is 4.32 Å². The van der Waals surface area contributed by atoms with Gasteiger partial charge in [0, 0.05) is 18.9 Å². The van der Waals surface area contributed by atoms with Crippen molar-refractivity contribution in [3.63, 3.8) is 0 Å². The molecule has 3 nitrogen and oxygen atoms in total. The van der Waals surface area contributed by atoms with Crippen molar-refractivity contribution >= 4 is 34.2 Å². The maximum atomic E-state index is 13.1. The highest BCUT2D eigenvalue weighted by atomic mass is 32.2. The minimum Gasteiger partial charge on any atom is -0.376 e. The highest BCUT2D eigenvalue weighted by molar-refractivity contribution is 8.23. The van der Waals surface area contributed by atoms with Crippen molar-refractivity contribution < 1.29 is 9.53 Å². The monoisotopic (exact) mass is 351 g/mol. The van der Waals surface area contributed by atoms with Gasteiger partial charge in [-0.25, -0.2) is 0 Å². The van der Waals surface area contributed by atoms with Crippen LogP contribution in [0, 0.1) is 11.8 Å². The molecule has 1 heterocycles. The Kier molecular flexibility index (Phi) is 6.62. The van der Waals surface area contributed by atoms with Gasteiger partial charge in [0.15, 0.2) is 0 Å². The fourth-order valence-electron chi connectivity index (χ4n) is 3.07. The number of nitrogens with zero attached hydrogens (tertiary/aromatic N) is 1. The summed E-state index contributed by atoms with van der Waals surface area (Å²) < 4.78 is 6.34. The first-order valence-corrected chi connectivity index (χ1v) is 9.42. The molecule has 3 atom stereocenters. The molecule has 0 spiro atoms. The van der Waals surface area contributed by atoms with Crippen molar-refractivity contribution in [1.82, 2.24) is 4.90 Å². The molecule has 1 aromatic rings. The second kappa shape index (κ2) is 8.27. The number of methoxy groups -OCH3 is 1. The minimum absolute atomic E-state index is 0.0707. The highest BCUT2D eigenvalue weighted by Gasteiger charge is 2.38. The summed E-state index contributed by atoms with van der Waals surface area (Å²) in [7, 11) is 1.66. The van der Waals surface area contributed by atoms with Crippen LogP contribution in [-0.4, -0.2) is 34.0 Å². The molecule has 5 heteroatoms. The second-order valence-corrected chi connectivity index (χ2v) is 8.08. The third-order valence-corrected chi connectivity index (χ3v) is 5.71. The van der Waals surface area contributed by atoms with Crippen LogP contribution in [0.5, 0.6) is 0 Å². The van der Waals surface area contributed by atoms with E-state index in [1.807, 2.05) is 42.2 Å². The van der Waals surface area contributed by atoms with Gasteiger partial charge < -0.3 is 4.74 Å². The topological polar surface area (TPSA) is 29.5 Å². The zero-order valence-corrected chi connectivity index (χ0v) is 15.8. The van der Waals surface area contributed by atoms with Gasteiger partial charge in [0.25, 0.3) is 0 Å². The number of amides is 1. The SMILES string of the molecule is CO[C@H](c1ccccc1)[C@@H](C)C(=O)N1C(=S)SC[C@@H]1CC(C)C. The van der Waals surface area contributed by atoms with Crippen LogP contribution in [0.3, 0.4) is 0 Å². The van der Waals surface area contributed by atoms with Crippen molar-refractivity contribution in [2.75, 3.05) is 12.9 Å². The van der Waals surface area contributed by atoms with Crippen molar-refractivity contribution in [3.05, 3.63) is 35.9 Å². The predicted octanol–water partition coefficient (Wildman–Crippen LogP) is 4.29. The van der Waals surface area contributed by atoms with Crippen LogP contribution in [0.15, 0.2) is 30.3 Å². The molecule has 0 saturated carbocycles. The summed E-state index contributed by atoms with van der Waals surface area (Å²) in [6.45, 7) is 6.29. The number of hydrogen-bond acceptors (Lipinski definition) is 4. The van der Waals surface area contributed by atoms with E-state index >= 15 is 0 Å². The summed E-state index contributed by atoms with van der Waals surface area (Å²) in [6.07, 6.45) is 0.728. The zero-order chi connectivity index (χ0) is 17.0. The Balaban J connectivity index is 2.18. The summed E-state index contributed by atoms with van der Waals surface area (Å²) in [4.78, 5) is 14.9. The van der Waals surface area contributed by atoms with Crippen molar-refractivity contribution in [2.24, 2.45) is 11.8 Å². The largest absolute Gasteiger partial charge is 0.376 e. The zero-order valence-electron chi connectivity index (χ0n) is 14.2. The van der Waals surface area contributed by atoms with E-state index in [9.17, 15) is 4.79 Å². The first-order chi connectivity index (χ1) is 11.0. The predicted molar refractivity (Wildman–Crippen MR) is 101 cm³/mol. The number of ether oxygens (including phenoxy) is 1.